The Hall–Kier alpha value is -2.92. The number of aromatic nitrogens is 2. The lowest BCUT2D eigenvalue weighted by molar-refractivity contribution is -0.0498. The van der Waals surface area contributed by atoms with E-state index in [0.717, 1.165) is 11.1 Å². The highest BCUT2D eigenvalue weighted by atomic mass is 32.2. The second kappa shape index (κ2) is 8.64. The average molecular weight is 387 g/mol. The number of hydrogen-bond donors (Lipinski definition) is 0. The lowest BCUT2D eigenvalue weighted by Gasteiger charge is -2.06. The summed E-state index contributed by atoms with van der Waals surface area (Å²) in [6.07, 6.45) is 0.554. The molecule has 5 nitrogen and oxygen atoms in total. The third-order valence-corrected chi connectivity index (χ3v) is 4.58. The molecule has 0 aliphatic heterocycles. The third-order valence-electron chi connectivity index (χ3n) is 3.66. The zero-order valence-electron chi connectivity index (χ0n) is 14.3. The van der Waals surface area contributed by atoms with Gasteiger partial charge in [-0.15, -0.1) is 10.2 Å². The fraction of sp³-hybridized carbons (Fsp3) is 0.211. The highest BCUT2D eigenvalue weighted by Gasteiger charge is 2.16. The second-order valence-corrected chi connectivity index (χ2v) is 6.86. The van der Waals surface area contributed by atoms with Gasteiger partial charge in [-0.3, -0.25) is 0 Å². The first-order valence-electron chi connectivity index (χ1n) is 8.04. The Balaban J connectivity index is 1.65. The quantitative estimate of drug-likeness (QED) is 0.539. The minimum atomic E-state index is -2.88. The fourth-order valence-electron chi connectivity index (χ4n) is 2.33. The predicted octanol–water partition coefficient (Wildman–Crippen LogP) is 4.87. The van der Waals surface area contributed by atoms with Crippen LogP contribution in [0.4, 0.5) is 8.78 Å². The normalized spacial score (nSPS) is 12.0. The van der Waals surface area contributed by atoms with Crippen molar-refractivity contribution in [3.63, 3.8) is 0 Å². The number of hydrogen-bond acceptors (Lipinski definition) is 6. The Morgan fingerprint density at radius 1 is 1.11 bits per heavy atom. The Morgan fingerprint density at radius 3 is 2.44 bits per heavy atom. The van der Waals surface area contributed by atoms with E-state index in [2.05, 4.69) is 21.0 Å². The summed E-state index contributed by atoms with van der Waals surface area (Å²) in [4.78, 5) is 0. The summed E-state index contributed by atoms with van der Waals surface area (Å²) < 4.78 is 34.3. The summed E-state index contributed by atoms with van der Waals surface area (Å²) in [6.45, 7) is -0.870. The van der Waals surface area contributed by atoms with Crippen molar-refractivity contribution in [2.45, 2.75) is 30.4 Å². The van der Waals surface area contributed by atoms with Crippen molar-refractivity contribution in [2.75, 3.05) is 0 Å². The SMILES string of the molecule is Cc1ccc(CC(C#N)Sc2nnc(-c3ccc(OC(F)F)cc3)o2)cc1. The maximum atomic E-state index is 12.2. The van der Waals surface area contributed by atoms with Gasteiger partial charge in [0.15, 0.2) is 0 Å². The number of thioether (sulfide) groups is 1. The van der Waals surface area contributed by atoms with E-state index >= 15 is 0 Å². The van der Waals surface area contributed by atoms with Crippen molar-refractivity contribution in [3.05, 3.63) is 59.7 Å². The number of alkyl halides is 2. The molecule has 0 aliphatic rings. The van der Waals surface area contributed by atoms with E-state index < -0.39 is 6.61 Å². The number of aryl methyl sites for hydroxylation is 1. The number of benzene rings is 2. The van der Waals surface area contributed by atoms with Crippen LogP contribution in [0, 0.1) is 18.3 Å². The molecule has 0 amide bonds. The van der Waals surface area contributed by atoms with Crippen LogP contribution in [0.1, 0.15) is 11.1 Å². The molecule has 3 aromatic rings. The first-order chi connectivity index (χ1) is 13.0. The van der Waals surface area contributed by atoms with Crippen LogP contribution in [0.2, 0.25) is 0 Å². The van der Waals surface area contributed by atoms with E-state index in [-0.39, 0.29) is 22.1 Å². The Morgan fingerprint density at radius 2 is 1.81 bits per heavy atom. The van der Waals surface area contributed by atoms with E-state index in [1.807, 2.05) is 31.2 Å². The molecule has 3 rings (SSSR count). The Labute approximate surface area is 159 Å². The zero-order valence-corrected chi connectivity index (χ0v) is 15.1. The summed E-state index contributed by atoms with van der Waals surface area (Å²) in [6, 6.07) is 16.1. The summed E-state index contributed by atoms with van der Waals surface area (Å²) >= 11 is 1.19. The van der Waals surface area contributed by atoms with E-state index in [1.165, 1.54) is 23.9 Å². The number of nitrogens with zero attached hydrogens (tertiary/aromatic N) is 3. The van der Waals surface area contributed by atoms with Gasteiger partial charge < -0.3 is 9.15 Å². The molecule has 0 bridgehead atoms. The van der Waals surface area contributed by atoms with Crippen LogP contribution in [-0.2, 0) is 6.42 Å². The molecule has 1 aromatic heterocycles. The van der Waals surface area contributed by atoms with Crippen LogP contribution < -0.4 is 4.74 Å². The van der Waals surface area contributed by atoms with Crippen molar-refractivity contribution < 1.29 is 17.9 Å². The molecule has 8 heteroatoms. The number of rotatable bonds is 7. The van der Waals surface area contributed by atoms with Gasteiger partial charge in [0.25, 0.3) is 5.22 Å². The average Bonchev–Trinajstić information content (AvgIpc) is 3.11. The number of ether oxygens (including phenoxy) is 1. The summed E-state index contributed by atoms with van der Waals surface area (Å²) in [5, 5.41) is 17.2. The van der Waals surface area contributed by atoms with Crippen LogP contribution >= 0.6 is 11.8 Å². The van der Waals surface area contributed by atoms with Gasteiger partial charge in [0.1, 0.15) is 11.0 Å². The van der Waals surface area contributed by atoms with E-state index in [9.17, 15) is 14.0 Å². The van der Waals surface area contributed by atoms with Gasteiger partial charge in [-0.2, -0.15) is 14.0 Å². The topological polar surface area (TPSA) is 71.9 Å². The first kappa shape index (κ1) is 18.9. The van der Waals surface area contributed by atoms with Gasteiger partial charge >= 0.3 is 6.61 Å². The maximum Gasteiger partial charge on any atom is 0.387 e. The van der Waals surface area contributed by atoms with Crippen molar-refractivity contribution >= 4 is 11.8 Å². The maximum absolute atomic E-state index is 12.2. The standard InChI is InChI=1S/C19H15F2N3O2S/c1-12-2-4-13(5-3-12)10-16(11-22)27-19-24-23-17(26-19)14-6-8-15(9-7-14)25-18(20)21/h2-9,16,18H,10H2,1H3. The molecular weight excluding hydrogens is 372 g/mol. The molecule has 0 saturated heterocycles. The van der Waals surface area contributed by atoms with Crippen LogP contribution in [-0.4, -0.2) is 22.1 Å². The van der Waals surface area contributed by atoms with Crippen molar-refractivity contribution in [2.24, 2.45) is 0 Å². The lowest BCUT2D eigenvalue weighted by atomic mass is 10.1. The van der Waals surface area contributed by atoms with Gasteiger partial charge in [-0.05, 0) is 54.9 Å². The Kier molecular flexibility index (Phi) is 6.04. The van der Waals surface area contributed by atoms with E-state index in [1.54, 1.807) is 12.1 Å². The second-order valence-electron chi connectivity index (χ2n) is 5.70. The van der Waals surface area contributed by atoms with Gasteiger partial charge in [-0.1, -0.05) is 29.8 Å². The van der Waals surface area contributed by atoms with Crippen molar-refractivity contribution in [1.82, 2.24) is 10.2 Å². The fourth-order valence-corrected chi connectivity index (χ4v) is 3.11. The monoisotopic (exact) mass is 387 g/mol. The largest absolute Gasteiger partial charge is 0.435 e. The molecule has 0 fully saturated rings. The molecule has 1 atom stereocenters. The summed E-state index contributed by atoms with van der Waals surface area (Å²) in [5.74, 6) is 0.290. The summed E-state index contributed by atoms with van der Waals surface area (Å²) in [5.41, 5.74) is 2.78. The summed E-state index contributed by atoms with van der Waals surface area (Å²) in [7, 11) is 0. The molecule has 0 N–H and O–H groups in total. The minimum Gasteiger partial charge on any atom is -0.435 e. The smallest absolute Gasteiger partial charge is 0.387 e. The molecular formula is C19H15F2N3O2S. The Bertz CT molecular complexity index is 921. The van der Waals surface area contributed by atoms with Gasteiger partial charge in [0.2, 0.25) is 5.89 Å². The van der Waals surface area contributed by atoms with Gasteiger partial charge in [0.05, 0.1) is 6.07 Å². The van der Waals surface area contributed by atoms with Crippen molar-refractivity contribution in [1.29, 1.82) is 5.26 Å². The first-order valence-corrected chi connectivity index (χ1v) is 8.92. The lowest BCUT2D eigenvalue weighted by Crippen LogP contribution is -2.03. The highest BCUT2D eigenvalue weighted by Crippen LogP contribution is 2.28. The number of nitriles is 1. The van der Waals surface area contributed by atoms with Gasteiger partial charge in [0, 0.05) is 5.56 Å². The van der Waals surface area contributed by atoms with Crippen LogP contribution in [0.15, 0.2) is 58.2 Å². The molecule has 1 heterocycles. The molecule has 138 valence electrons. The predicted molar refractivity (Wildman–Crippen MR) is 96.5 cm³/mol. The van der Waals surface area contributed by atoms with E-state index in [4.69, 9.17) is 4.42 Å². The van der Waals surface area contributed by atoms with Crippen molar-refractivity contribution in [3.8, 4) is 23.3 Å². The molecule has 0 spiro atoms. The molecule has 1 unspecified atom stereocenters. The molecule has 0 saturated carbocycles. The molecule has 2 aromatic carbocycles. The van der Waals surface area contributed by atoms with Gasteiger partial charge in [-0.25, -0.2) is 0 Å². The minimum absolute atomic E-state index is 0.0468. The zero-order chi connectivity index (χ0) is 19.2. The molecule has 27 heavy (non-hydrogen) atoms. The van der Waals surface area contributed by atoms with Crippen LogP contribution in [0.5, 0.6) is 5.75 Å². The van der Waals surface area contributed by atoms with E-state index in [0.29, 0.717) is 12.0 Å². The third kappa shape index (κ3) is 5.28. The van der Waals surface area contributed by atoms with Crippen LogP contribution in [0.25, 0.3) is 11.5 Å². The highest BCUT2D eigenvalue weighted by molar-refractivity contribution is 7.99. The van der Waals surface area contributed by atoms with Crippen LogP contribution in [0.3, 0.4) is 0 Å². The molecule has 0 aliphatic carbocycles. The molecule has 0 radical (unpaired) electrons. The number of halogens is 2.